The molecule has 0 saturated heterocycles. The fourth-order valence-corrected chi connectivity index (χ4v) is 0. The van der Waals surface area contributed by atoms with Gasteiger partial charge in [-0.2, -0.15) is 0 Å². The molecule has 0 fully saturated rings. The summed E-state index contributed by atoms with van der Waals surface area (Å²) in [5, 5.41) is 0. The molecule has 0 atom stereocenters. The molecule has 14 heteroatoms. The molecule has 0 rings (SSSR count). The Hall–Kier alpha value is 0.114. The first kappa shape index (κ1) is 25.8. The van der Waals surface area contributed by atoms with Gasteiger partial charge < -0.3 is 13.7 Å². The number of hydrogen-bond donors (Lipinski definition) is 0. The number of rotatable bonds is 0. The maximum absolute atomic E-state index is 9.08. The van der Waals surface area contributed by atoms with Crippen molar-refractivity contribution in [3.63, 3.8) is 0 Å². The molecule has 0 bridgehead atoms. The summed E-state index contributed by atoms with van der Waals surface area (Å²) in [4.78, 5) is 0. The zero-order valence-corrected chi connectivity index (χ0v) is 12.6. The third-order valence-corrected chi connectivity index (χ3v) is 0. The van der Waals surface area contributed by atoms with Crippen LogP contribution in [0.2, 0.25) is 0 Å². The second kappa shape index (κ2) is 11.2. The van der Waals surface area contributed by atoms with E-state index >= 15 is 0 Å². The fourth-order valence-electron chi connectivity index (χ4n) is 0. The van der Waals surface area contributed by atoms with Crippen molar-refractivity contribution < 1.29 is 60.0 Å². The molecule has 104 valence electrons. The van der Waals surface area contributed by atoms with Crippen LogP contribution < -0.4 is 0 Å². The van der Waals surface area contributed by atoms with E-state index in [1.807, 2.05) is 0 Å². The van der Waals surface area contributed by atoms with Crippen molar-refractivity contribution in [1.82, 2.24) is 0 Å². The summed E-state index contributed by atoms with van der Waals surface area (Å²) in [6.45, 7) is 0. The van der Waals surface area contributed by atoms with E-state index < -0.39 is 30.4 Å². The molecule has 0 amide bonds. The standard InChI is InChI=1S/3CH4O3S.O.V/c3*1-5(2,3)4;;/h3*1H3,(H,2,3,4);;/q;;;;+3/p-3. The minimum absolute atomic E-state index is 0.604. The summed E-state index contributed by atoms with van der Waals surface area (Å²) in [7, 11) is -11.8. The van der Waals surface area contributed by atoms with Crippen molar-refractivity contribution in [2.45, 2.75) is 0 Å². The van der Waals surface area contributed by atoms with Crippen molar-refractivity contribution >= 4 is 30.4 Å². The predicted molar refractivity (Wildman–Crippen MR) is 47.6 cm³/mol. The average Bonchev–Trinajstić information content (AvgIpc) is 1.77. The van der Waals surface area contributed by atoms with Crippen LogP contribution in [0.25, 0.3) is 0 Å². The first-order valence-corrected chi connectivity index (χ1v) is 8.93. The number of hydrogen-bond acceptors (Lipinski definition) is 10. The van der Waals surface area contributed by atoms with Crippen LogP contribution >= 0.6 is 0 Å². The van der Waals surface area contributed by atoms with Gasteiger partial charge in [-0.05, 0) is 0 Å². The maximum atomic E-state index is 9.08. The molecule has 0 aromatic rings. The topological polar surface area (TPSA) is 189 Å². The molecule has 0 heterocycles. The Morgan fingerprint density at radius 2 is 0.588 bits per heavy atom. The first-order chi connectivity index (χ1) is 7.00. The second-order valence-corrected chi connectivity index (χ2v) is 6.34. The van der Waals surface area contributed by atoms with E-state index in [1.54, 1.807) is 0 Å². The van der Waals surface area contributed by atoms with E-state index in [9.17, 15) is 0 Å². The molecule has 0 aliphatic carbocycles. The Morgan fingerprint density at radius 1 is 0.588 bits per heavy atom. The minimum atomic E-state index is -3.92. The molecule has 0 radical (unpaired) electrons. The van der Waals surface area contributed by atoms with E-state index in [2.05, 4.69) is 0 Å². The third-order valence-electron chi connectivity index (χ3n) is 0. The fraction of sp³-hybridized carbons (Fsp3) is 1.00. The van der Waals surface area contributed by atoms with Gasteiger partial charge in [0.1, 0.15) is 0 Å². The van der Waals surface area contributed by atoms with E-state index in [1.165, 1.54) is 0 Å². The molecule has 0 unspecified atom stereocenters. The van der Waals surface area contributed by atoms with Crippen molar-refractivity contribution in [2.24, 2.45) is 0 Å². The molecule has 10 nitrogen and oxygen atoms in total. The second-order valence-electron chi connectivity index (χ2n) is 2.11. The normalized spacial score (nSPS) is 10.6. The van der Waals surface area contributed by atoms with Gasteiger partial charge >= 0.3 is 21.0 Å². The van der Waals surface area contributed by atoms with Crippen molar-refractivity contribution in [3.8, 4) is 0 Å². The van der Waals surface area contributed by atoms with Gasteiger partial charge in [0.2, 0.25) is 0 Å². The molecule has 0 saturated carbocycles. The Balaban J connectivity index is -0.0000000693. The third kappa shape index (κ3) is 245000. The van der Waals surface area contributed by atoms with E-state index in [4.69, 9.17) is 42.6 Å². The van der Waals surface area contributed by atoms with Crippen LogP contribution in [-0.2, 0) is 51.4 Å². The molecule has 0 aliphatic rings. The zero-order valence-electron chi connectivity index (χ0n) is 8.75. The summed E-state index contributed by atoms with van der Waals surface area (Å²) >= 11 is 1.06. The first-order valence-electron chi connectivity index (χ1n) is 2.91. The molecule has 0 aromatic carbocycles. The summed E-state index contributed by atoms with van der Waals surface area (Å²) < 4.78 is 89.9. The summed E-state index contributed by atoms with van der Waals surface area (Å²) in [5.41, 5.74) is 0. The quantitative estimate of drug-likeness (QED) is 0.417. The van der Waals surface area contributed by atoms with Gasteiger partial charge in [-0.15, -0.1) is 0 Å². The summed E-state index contributed by atoms with van der Waals surface area (Å²) in [6.07, 6.45) is 1.81. The van der Waals surface area contributed by atoms with Crippen LogP contribution in [0, 0.1) is 0 Å². The molecule has 0 aliphatic heterocycles. The Bertz CT molecular complexity index is 362. The van der Waals surface area contributed by atoms with Crippen molar-refractivity contribution in [2.75, 3.05) is 18.8 Å². The van der Waals surface area contributed by atoms with Gasteiger partial charge in [0.25, 0.3) is 0 Å². The van der Waals surface area contributed by atoms with Crippen molar-refractivity contribution in [1.29, 1.82) is 0 Å². The van der Waals surface area contributed by atoms with Crippen molar-refractivity contribution in [3.05, 3.63) is 0 Å². The molecule has 0 aromatic heterocycles. The SMILES string of the molecule is CS(=O)(=O)[O-].CS(=O)(=O)[O-].CS(=O)(=O)[O-].[O]=[V+3]. The monoisotopic (exact) mass is 352 g/mol. The predicted octanol–water partition coefficient (Wildman–Crippen LogP) is -2.64. The molecular weight excluding hydrogens is 343 g/mol. The summed E-state index contributed by atoms with van der Waals surface area (Å²) in [5.74, 6) is 0. The van der Waals surface area contributed by atoms with Crippen LogP contribution in [0.4, 0.5) is 0 Å². The van der Waals surface area contributed by atoms with Crippen LogP contribution in [0.5, 0.6) is 0 Å². The average molecular weight is 352 g/mol. The van der Waals surface area contributed by atoms with Gasteiger partial charge in [0.05, 0.1) is 30.4 Å². The van der Waals surface area contributed by atoms with Gasteiger partial charge in [0.15, 0.2) is 0 Å². The Morgan fingerprint density at radius 3 is 0.588 bits per heavy atom. The Kier molecular flexibility index (Phi) is 17.1. The molecular formula is C3H9O10S3V. The van der Waals surface area contributed by atoms with Crippen LogP contribution in [0.1, 0.15) is 0 Å². The molecule has 0 spiro atoms. The van der Waals surface area contributed by atoms with Gasteiger partial charge in [0, 0.05) is 18.8 Å². The van der Waals surface area contributed by atoms with Gasteiger partial charge in [-0.1, -0.05) is 0 Å². The van der Waals surface area contributed by atoms with Crippen LogP contribution in [0.15, 0.2) is 0 Å². The Labute approximate surface area is 109 Å². The summed E-state index contributed by atoms with van der Waals surface area (Å²) in [6, 6.07) is 0. The van der Waals surface area contributed by atoms with Crippen LogP contribution in [0.3, 0.4) is 0 Å². The zero-order chi connectivity index (χ0) is 15.5. The van der Waals surface area contributed by atoms with E-state index in [0.29, 0.717) is 18.8 Å². The molecule has 0 N–H and O–H groups in total. The van der Waals surface area contributed by atoms with Crippen LogP contribution in [-0.4, -0.2) is 57.7 Å². The molecule has 17 heavy (non-hydrogen) atoms. The van der Waals surface area contributed by atoms with E-state index in [0.717, 1.165) is 17.4 Å². The van der Waals surface area contributed by atoms with E-state index in [-0.39, 0.29) is 0 Å². The van der Waals surface area contributed by atoms with Gasteiger partial charge in [-0.3, -0.25) is 0 Å². The van der Waals surface area contributed by atoms with Gasteiger partial charge in [-0.25, -0.2) is 25.3 Å².